The Morgan fingerprint density at radius 1 is 0.636 bits per heavy atom. The van der Waals surface area contributed by atoms with Crippen molar-refractivity contribution in [2.45, 2.75) is 162 Å². The van der Waals surface area contributed by atoms with Gasteiger partial charge >= 0.3 is 6.09 Å². The molecule has 0 aliphatic heterocycles. The number of carbonyl (C=O) groups is 2. The summed E-state index contributed by atoms with van der Waals surface area (Å²) in [6.45, 7) is 11.4. The standard InChI is InChI=1S/C38H69N3O3/c1-4-7-10-11-12-13-14-15-16-17-18-19-20-21-22-25-33-41(35-42)37-28-24-23-27-36(37)34-44-38(43)39-29-26-32-40(30-8-5-2)31-9-6-3/h23-24,27-28,35H,4-22,25-26,29-34H2,1-3H3,(H,39,43). The minimum atomic E-state index is -0.399. The molecule has 1 aromatic carbocycles. The van der Waals surface area contributed by atoms with Crippen LogP contribution in [0.15, 0.2) is 24.3 Å². The Labute approximate surface area is 272 Å². The Bertz CT molecular complexity index is 795. The van der Waals surface area contributed by atoms with Crippen LogP contribution in [0.1, 0.15) is 161 Å². The zero-order valence-corrected chi connectivity index (χ0v) is 29.1. The normalized spacial score (nSPS) is 11.2. The van der Waals surface area contributed by atoms with Crippen LogP contribution in [0.5, 0.6) is 0 Å². The molecule has 0 saturated carbocycles. The molecule has 0 aliphatic rings. The number of benzene rings is 1. The number of hydrogen-bond donors (Lipinski definition) is 1. The number of nitrogens with one attached hydrogen (secondary N) is 1. The SMILES string of the molecule is CCCCCCCCCCCCCCCCCCN(C=O)c1ccccc1COC(=O)NCCCN(CCCC)CCCC. The summed E-state index contributed by atoms with van der Waals surface area (Å²) >= 11 is 0. The number of ether oxygens (including phenoxy) is 1. The third kappa shape index (κ3) is 21.6. The van der Waals surface area contributed by atoms with Gasteiger partial charge in [-0.3, -0.25) is 4.79 Å². The van der Waals surface area contributed by atoms with Gasteiger partial charge in [0.25, 0.3) is 0 Å². The first-order valence-electron chi connectivity index (χ1n) is 18.6. The lowest BCUT2D eigenvalue weighted by Gasteiger charge is -2.22. The molecule has 2 amide bonds. The van der Waals surface area contributed by atoms with E-state index in [-0.39, 0.29) is 6.61 Å². The molecule has 254 valence electrons. The second-order valence-corrected chi connectivity index (χ2v) is 12.6. The van der Waals surface area contributed by atoms with Crippen molar-refractivity contribution in [3.05, 3.63) is 29.8 Å². The second-order valence-electron chi connectivity index (χ2n) is 12.6. The highest BCUT2D eigenvalue weighted by molar-refractivity contribution is 5.77. The van der Waals surface area contributed by atoms with Crippen LogP contribution in [-0.4, -0.2) is 50.1 Å². The maximum Gasteiger partial charge on any atom is 0.407 e. The Balaban J connectivity index is 2.20. The number of nitrogens with zero attached hydrogens (tertiary/aromatic N) is 2. The summed E-state index contributed by atoms with van der Waals surface area (Å²) in [6, 6.07) is 7.75. The molecule has 0 aromatic heterocycles. The van der Waals surface area contributed by atoms with Gasteiger partial charge in [-0.2, -0.15) is 0 Å². The van der Waals surface area contributed by atoms with E-state index >= 15 is 0 Å². The van der Waals surface area contributed by atoms with Gasteiger partial charge in [-0.25, -0.2) is 4.79 Å². The number of hydrogen-bond acceptors (Lipinski definition) is 4. The van der Waals surface area contributed by atoms with Gasteiger partial charge < -0.3 is 19.9 Å². The van der Waals surface area contributed by atoms with Crippen molar-refractivity contribution in [2.24, 2.45) is 0 Å². The second kappa shape index (κ2) is 29.6. The van der Waals surface area contributed by atoms with Crippen molar-refractivity contribution < 1.29 is 14.3 Å². The van der Waals surface area contributed by atoms with E-state index in [1.54, 1.807) is 4.90 Å². The Hall–Kier alpha value is -2.08. The molecule has 0 bridgehead atoms. The van der Waals surface area contributed by atoms with Gasteiger partial charge in [-0.1, -0.05) is 148 Å². The molecule has 44 heavy (non-hydrogen) atoms. The number of anilines is 1. The molecule has 1 rings (SSSR count). The Morgan fingerprint density at radius 3 is 1.64 bits per heavy atom. The van der Waals surface area contributed by atoms with E-state index in [2.05, 4.69) is 31.0 Å². The third-order valence-electron chi connectivity index (χ3n) is 8.62. The van der Waals surface area contributed by atoms with Crippen LogP contribution >= 0.6 is 0 Å². The summed E-state index contributed by atoms with van der Waals surface area (Å²) in [4.78, 5) is 28.6. The van der Waals surface area contributed by atoms with Crippen molar-refractivity contribution in [3.63, 3.8) is 0 Å². The highest BCUT2D eigenvalue weighted by Crippen LogP contribution is 2.21. The van der Waals surface area contributed by atoms with Gasteiger partial charge in [0.2, 0.25) is 6.41 Å². The molecule has 0 fully saturated rings. The molecule has 6 heteroatoms. The lowest BCUT2D eigenvalue weighted by Crippen LogP contribution is -2.31. The molecule has 0 atom stereocenters. The fraction of sp³-hybridized carbons (Fsp3) is 0.789. The van der Waals surface area contributed by atoms with Crippen LogP contribution in [0, 0.1) is 0 Å². The first kappa shape index (κ1) is 39.9. The van der Waals surface area contributed by atoms with Crippen LogP contribution in [0.3, 0.4) is 0 Å². The largest absolute Gasteiger partial charge is 0.445 e. The van der Waals surface area contributed by atoms with Crippen LogP contribution in [-0.2, 0) is 16.1 Å². The zero-order chi connectivity index (χ0) is 31.9. The summed E-state index contributed by atoms with van der Waals surface area (Å²) in [7, 11) is 0. The Kier molecular flexibility index (Phi) is 26.9. The van der Waals surface area contributed by atoms with E-state index < -0.39 is 6.09 Å². The first-order valence-corrected chi connectivity index (χ1v) is 18.6. The van der Waals surface area contributed by atoms with E-state index in [0.29, 0.717) is 13.1 Å². The molecule has 0 unspecified atom stereocenters. The van der Waals surface area contributed by atoms with Gasteiger partial charge in [-0.05, 0) is 51.4 Å². The molecule has 0 radical (unpaired) electrons. The number of rotatable bonds is 31. The monoisotopic (exact) mass is 616 g/mol. The van der Waals surface area contributed by atoms with E-state index in [1.165, 1.54) is 116 Å². The highest BCUT2D eigenvalue weighted by atomic mass is 16.5. The zero-order valence-electron chi connectivity index (χ0n) is 29.1. The fourth-order valence-corrected chi connectivity index (χ4v) is 5.76. The topological polar surface area (TPSA) is 61.9 Å². The molecule has 1 aromatic rings. The maximum absolute atomic E-state index is 12.4. The number of para-hydroxylation sites is 1. The van der Waals surface area contributed by atoms with Crippen molar-refractivity contribution in [2.75, 3.05) is 37.6 Å². The van der Waals surface area contributed by atoms with Gasteiger partial charge in [-0.15, -0.1) is 0 Å². The summed E-state index contributed by atoms with van der Waals surface area (Å²) in [5.41, 5.74) is 1.69. The van der Waals surface area contributed by atoms with E-state index in [4.69, 9.17) is 4.74 Å². The fourth-order valence-electron chi connectivity index (χ4n) is 5.76. The van der Waals surface area contributed by atoms with E-state index in [9.17, 15) is 9.59 Å². The number of alkyl carbamates (subject to hydrolysis) is 1. The summed E-state index contributed by atoms with van der Waals surface area (Å²) < 4.78 is 5.53. The Morgan fingerprint density at radius 2 is 1.11 bits per heavy atom. The molecule has 1 N–H and O–H groups in total. The lowest BCUT2D eigenvalue weighted by molar-refractivity contribution is -0.107. The average Bonchev–Trinajstić information content (AvgIpc) is 3.04. The highest BCUT2D eigenvalue weighted by Gasteiger charge is 2.12. The molecule has 0 spiro atoms. The van der Waals surface area contributed by atoms with E-state index in [1.807, 2.05) is 24.3 Å². The summed E-state index contributed by atoms with van der Waals surface area (Å²) in [5, 5.41) is 2.90. The van der Waals surface area contributed by atoms with Gasteiger partial charge in [0, 0.05) is 24.3 Å². The van der Waals surface area contributed by atoms with Crippen molar-refractivity contribution >= 4 is 18.2 Å². The van der Waals surface area contributed by atoms with Crippen LogP contribution < -0.4 is 10.2 Å². The predicted molar refractivity (Wildman–Crippen MR) is 188 cm³/mol. The average molecular weight is 616 g/mol. The maximum atomic E-state index is 12.4. The van der Waals surface area contributed by atoms with Crippen molar-refractivity contribution in [1.29, 1.82) is 0 Å². The number of amides is 2. The first-order chi connectivity index (χ1) is 21.7. The molecule has 6 nitrogen and oxygen atoms in total. The lowest BCUT2D eigenvalue weighted by atomic mass is 10.0. The molecular formula is C38H69N3O3. The summed E-state index contributed by atoms with van der Waals surface area (Å²) in [6.07, 6.45) is 27.6. The van der Waals surface area contributed by atoms with Crippen molar-refractivity contribution in [1.82, 2.24) is 10.2 Å². The molecule has 0 saturated heterocycles. The van der Waals surface area contributed by atoms with Gasteiger partial charge in [0.05, 0.1) is 0 Å². The van der Waals surface area contributed by atoms with Crippen LogP contribution in [0.2, 0.25) is 0 Å². The molecule has 0 heterocycles. The smallest absolute Gasteiger partial charge is 0.407 e. The predicted octanol–water partition coefficient (Wildman–Crippen LogP) is 10.4. The number of carbonyl (C=O) groups excluding carboxylic acids is 2. The van der Waals surface area contributed by atoms with Crippen LogP contribution in [0.25, 0.3) is 0 Å². The summed E-state index contributed by atoms with van der Waals surface area (Å²) in [5.74, 6) is 0. The number of unbranched alkanes of at least 4 members (excludes halogenated alkanes) is 17. The quantitative estimate of drug-likeness (QED) is 0.0667. The van der Waals surface area contributed by atoms with Gasteiger partial charge in [0.1, 0.15) is 6.61 Å². The molecular weight excluding hydrogens is 546 g/mol. The molecule has 0 aliphatic carbocycles. The van der Waals surface area contributed by atoms with Crippen LogP contribution in [0.4, 0.5) is 10.5 Å². The minimum absolute atomic E-state index is 0.157. The van der Waals surface area contributed by atoms with Crippen molar-refractivity contribution in [3.8, 4) is 0 Å². The van der Waals surface area contributed by atoms with Gasteiger partial charge in [0.15, 0.2) is 0 Å². The van der Waals surface area contributed by atoms with E-state index in [0.717, 1.165) is 56.6 Å². The third-order valence-corrected chi connectivity index (χ3v) is 8.62. The minimum Gasteiger partial charge on any atom is -0.445 e.